The second kappa shape index (κ2) is 3.88. The molecule has 18 heavy (non-hydrogen) atoms. The van der Waals surface area contributed by atoms with Crippen molar-refractivity contribution in [3.8, 4) is 5.75 Å². The minimum atomic E-state index is -0.0647. The van der Waals surface area contributed by atoms with Crippen LogP contribution < -0.4 is 4.74 Å². The van der Waals surface area contributed by atoms with Crippen molar-refractivity contribution < 1.29 is 14.3 Å². The smallest absolute Gasteiger partial charge is 0.228 e. The van der Waals surface area contributed by atoms with Gasteiger partial charge in [-0.05, 0) is 47.1 Å². The Balaban J connectivity index is 2.13. The minimum Gasteiger partial charge on any atom is -0.497 e. The molecular weight excluding hydrogens is 228 g/mol. The van der Waals surface area contributed by atoms with Crippen molar-refractivity contribution in [3.63, 3.8) is 0 Å². The van der Waals surface area contributed by atoms with E-state index in [1.807, 2.05) is 30.4 Å². The van der Waals surface area contributed by atoms with Crippen LogP contribution >= 0.6 is 0 Å². The van der Waals surface area contributed by atoms with Crippen molar-refractivity contribution in [2.24, 2.45) is 0 Å². The fourth-order valence-corrected chi connectivity index (χ4v) is 2.31. The molecule has 0 saturated heterocycles. The molecule has 0 unspecified atom stereocenters. The summed E-state index contributed by atoms with van der Waals surface area (Å²) in [4.78, 5) is 12.1. The summed E-state index contributed by atoms with van der Waals surface area (Å²) in [6.45, 7) is 0. The normalized spacial score (nSPS) is 16.3. The maximum absolute atomic E-state index is 12.1. The van der Waals surface area contributed by atoms with Crippen molar-refractivity contribution in [1.29, 1.82) is 0 Å². The van der Waals surface area contributed by atoms with Crippen molar-refractivity contribution >= 4 is 17.4 Å². The van der Waals surface area contributed by atoms with E-state index in [0.717, 1.165) is 22.4 Å². The van der Waals surface area contributed by atoms with Gasteiger partial charge in [0.2, 0.25) is 5.78 Å². The number of benzene rings is 1. The van der Waals surface area contributed by atoms with Crippen molar-refractivity contribution in [1.82, 2.24) is 0 Å². The average molecular weight is 240 g/mol. The Labute approximate surface area is 105 Å². The lowest BCUT2D eigenvalue weighted by atomic mass is 9.95. The first kappa shape index (κ1) is 10.8. The zero-order valence-electron chi connectivity index (χ0n) is 10.2. The second-order valence-electron chi connectivity index (χ2n) is 4.16. The molecule has 0 N–H and O–H groups in total. The number of carbonyl (C=O) groups excluding carboxylic acids is 1. The molecule has 3 nitrogen and oxygen atoms in total. The van der Waals surface area contributed by atoms with Gasteiger partial charge >= 0.3 is 0 Å². The van der Waals surface area contributed by atoms with Gasteiger partial charge in [-0.3, -0.25) is 4.79 Å². The summed E-state index contributed by atoms with van der Waals surface area (Å²) in [6, 6.07) is 5.81. The topological polar surface area (TPSA) is 35.5 Å². The molecule has 2 aliphatic carbocycles. The SMILES string of the molecule is COC1=CC=C2C(=Cc3cc(OC)ccc32)C1=O. The first-order chi connectivity index (χ1) is 8.74. The average Bonchev–Trinajstić information content (AvgIpc) is 2.77. The van der Waals surface area contributed by atoms with Gasteiger partial charge in [0.25, 0.3) is 0 Å². The monoisotopic (exact) mass is 240 g/mol. The van der Waals surface area contributed by atoms with Crippen molar-refractivity contribution in [2.75, 3.05) is 14.2 Å². The lowest BCUT2D eigenvalue weighted by Crippen LogP contribution is -2.10. The predicted molar refractivity (Wildman–Crippen MR) is 69.0 cm³/mol. The molecule has 2 aliphatic rings. The van der Waals surface area contributed by atoms with Crippen LogP contribution in [0.2, 0.25) is 0 Å². The molecule has 1 aromatic rings. The Morgan fingerprint density at radius 3 is 2.56 bits per heavy atom. The number of hydrogen-bond donors (Lipinski definition) is 0. The number of allylic oxidation sites excluding steroid dienone is 4. The molecule has 0 radical (unpaired) electrons. The highest BCUT2D eigenvalue weighted by Gasteiger charge is 2.29. The second-order valence-corrected chi connectivity index (χ2v) is 4.16. The number of fused-ring (bicyclic) bond motifs is 3. The summed E-state index contributed by atoms with van der Waals surface area (Å²) in [5.74, 6) is 1.10. The number of hydrogen-bond acceptors (Lipinski definition) is 3. The Hall–Kier alpha value is -2.29. The molecule has 0 atom stereocenters. The molecule has 0 bridgehead atoms. The van der Waals surface area contributed by atoms with E-state index < -0.39 is 0 Å². The molecule has 0 saturated carbocycles. The standard InChI is InChI=1S/C15H12O3/c1-17-10-3-4-11-9(7-10)8-13-12(11)5-6-14(18-2)15(13)16/h3-8H,1-2H3. The van der Waals surface area contributed by atoms with Gasteiger partial charge < -0.3 is 9.47 Å². The van der Waals surface area contributed by atoms with Crippen LogP contribution in [0.1, 0.15) is 11.1 Å². The molecule has 3 rings (SSSR count). The molecule has 0 fully saturated rings. The minimum absolute atomic E-state index is 0.0647. The summed E-state index contributed by atoms with van der Waals surface area (Å²) >= 11 is 0. The number of methoxy groups -OCH3 is 2. The molecule has 3 heteroatoms. The van der Waals surface area contributed by atoms with Gasteiger partial charge in [0.05, 0.1) is 14.2 Å². The van der Waals surface area contributed by atoms with Crippen LogP contribution in [-0.2, 0) is 9.53 Å². The van der Waals surface area contributed by atoms with Gasteiger partial charge in [0.1, 0.15) is 5.75 Å². The maximum atomic E-state index is 12.1. The zero-order chi connectivity index (χ0) is 12.7. The number of ketones is 1. The van der Waals surface area contributed by atoms with Gasteiger partial charge in [-0.25, -0.2) is 0 Å². The maximum Gasteiger partial charge on any atom is 0.228 e. The molecule has 0 aliphatic heterocycles. The van der Waals surface area contributed by atoms with E-state index in [1.54, 1.807) is 13.2 Å². The van der Waals surface area contributed by atoms with Crippen LogP contribution in [0.3, 0.4) is 0 Å². The summed E-state index contributed by atoms with van der Waals surface area (Å²) in [6.07, 6.45) is 5.52. The Kier molecular flexibility index (Phi) is 2.33. The van der Waals surface area contributed by atoms with Crippen molar-refractivity contribution in [2.45, 2.75) is 0 Å². The van der Waals surface area contributed by atoms with E-state index in [2.05, 4.69) is 0 Å². The molecule has 90 valence electrons. The fourth-order valence-electron chi connectivity index (χ4n) is 2.31. The highest BCUT2D eigenvalue weighted by molar-refractivity contribution is 6.25. The number of rotatable bonds is 2. The third-order valence-electron chi connectivity index (χ3n) is 3.23. The molecule has 0 amide bonds. The quantitative estimate of drug-likeness (QED) is 0.797. The largest absolute Gasteiger partial charge is 0.497 e. The molecule has 0 aromatic heterocycles. The molecule has 1 aromatic carbocycles. The zero-order valence-corrected chi connectivity index (χ0v) is 10.2. The molecule has 0 heterocycles. The summed E-state index contributed by atoms with van der Waals surface area (Å²) in [7, 11) is 3.14. The van der Waals surface area contributed by atoms with Crippen LogP contribution in [0, 0.1) is 0 Å². The van der Waals surface area contributed by atoms with E-state index in [1.165, 1.54) is 7.11 Å². The van der Waals surface area contributed by atoms with Gasteiger partial charge in [-0.2, -0.15) is 0 Å². The van der Waals surface area contributed by atoms with Gasteiger partial charge in [0.15, 0.2) is 5.76 Å². The van der Waals surface area contributed by atoms with Gasteiger partial charge in [-0.1, -0.05) is 6.07 Å². The fraction of sp³-hybridized carbons (Fsp3) is 0.133. The van der Waals surface area contributed by atoms with E-state index in [-0.39, 0.29) is 5.78 Å². The van der Waals surface area contributed by atoms with Gasteiger partial charge in [-0.15, -0.1) is 0 Å². The van der Waals surface area contributed by atoms with Crippen LogP contribution in [0.5, 0.6) is 5.75 Å². The van der Waals surface area contributed by atoms with Crippen molar-refractivity contribution in [3.05, 3.63) is 52.8 Å². The number of carbonyl (C=O) groups is 1. The Bertz CT molecular complexity index is 633. The third-order valence-corrected chi connectivity index (χ3v) is 3.23. The number of ether oxygens (including phenoxy) is 2. The number of Topliss-reactive ketones (excluding diaryl/α,β-unsaturated/α-hetero) is 1. The highest BCUT2D eigenvalue weighted by Crippen LogP contribution is 2.40. The Morgan fingerprint density at radius 2 is 1.83 bits per heavy atom. The predicted octanol–water partition coefficient (Wildman–Crippen LogP) is 2.59. The van der Waals surface area contributed by atoms with Gasteiger partial charge in [0, 0.05) is 5.57 Å². The summed E-state index contributed by atoms with van der Waals surface area (Å²) in [5, 5.41) is 0. The lowest BCUT2D eigenvalue weighted by Gasteiger charge is -2.12. The summed E-state index contributed by atoms with van der Waals surface area (Å²) < 4.78 is 10.2. The van der Waals surface area contributed by atoms with Crippen LogP contribution in [-0.4, -0.2) is 20.0 Å². The van der Waals surface area contributed by atoms with E-state index in [4.69, 9.17) is 9.47 Å². The van der Waals surface area contributed by atoms with E-state index in [9.17, 15) is 4.79 Å². The molecule has 0 spiro atoms. The van der Waals surface area contributed by atoms with Crippen LogP contribution in [0.25, 0.3) is 11.6 Å². The van der Waals surface area contributed by atoms with Crippen LogP contribution in [0.4, 0.5) is 0 Å². The lowest BCUT2D eigenvalue weighted by molar-refractivity contribution is -0.114. The van der Waals surface area contributed by atoms with E-state index >= 15 is 0 Å². The highest BCUT2D eigenvalue weighted by atomic mass is 16.5. The van der Waals surface area contributed by atoms with E-state index in [0.29, 0.717) is 11.3 Å². The molecular formula is C15H12O3. The first-order valence-electron chi connectivity index (χ1n) is 5.65. The third kappa shape index (κ3) is 1.40. The first-order valence-corrected chi connectivity index (χ1v) is 5.65. The van der Waals surface area contributed by atoms with Crippen LogP contribution in [0.15, 0.2) is 41.7 Å². The Morgan fingerprint density at radius 1 is 1.00 bits per heavy atom. The summed E-state index contributed by atoms with van der Waals surface area (Å²) in [5.41, 5.74) is 3.72.